The summed E-state index contributed by atoms with van der Waals surface area (Å²) in [6.45, 7) is 10.6. The monoisotopic (exact) mass is 419 g/mol. The first kappa shape index (κ1) is 21.7. The van der Waals surface area contributed by atoms with Crippen LogP contribution in [0.1, 0.15) is 32.6 Å². The summed E-state index contributed by atoms with van der Waals surface area (Å²) in [5, 5.41) is 2.94. The lowest BCUT2D eigenvalue weighted by Crippen LogP contribution is -2.31. The van der Waals surface area contributed by atoms with E-state index >= 15 is 0 Å². The van der Waals surface area contributed by atoms with Crippen LogP contribution in [0.4, 0.5) is 5.13 Å². The van der Waals surface area contributed by atoms with E-state index in [4.69, 9.17) is 0 Å². The number of nitrogens with zero attached hydrogens (tertiary/aromatic N) is 2. The number of carbonyl (C=O) groups is 2. The van der Waals surface area contributed by atoms with Gasteiger partial charge in [0, 0.05) is 25.6 Å². The fraction of sp³-hybridized carbons (Fsp3) is 0.211. The quantitative estimate of drug-likeness (QED) is 0.497. The molecule has 1 N–H and O–H groups in total. The molecule has 9 heteroatoms. The predicted octanol–water partition coefficient (Wildman–Crippen LogP) is 3.27. The van der Waals surface area contributed by atoms with Gasteiger partial charge in [0.1, 0.15) is 0 Å². The van der Waals surface area contributed by atoms with E-state index in [2.05, 4.69) is 23.5 Å². The summed E-state index contributed by atoms with van der Waals surface area (Å²) in [6.07, 6.45) is 2.99. The number of hydrogen-bond acceptors (Lipinski definition) is 6. The average Bonchev–Trinajstić information content (AvgIpc) is 3.02. The zero-order chi connectivity index (χ0) is 20.9. The Balaban J connectivity index is 2.20. The fourth-order valence-corrected chi connectivity index (χ4v) is 4.67. The van der Waals surface area contributed by atoms with Crippen LogP contribution in [0.3, 0.4) is 0 Å². The molecule has 0 saturated heterocycles. The molecule has 2 aromatic rings. The standard InChI is InChI=1S/C19H21N3O4S2/c1-5-11-22(12-6-2)28(25,26)16-9-7-15(8-10-16)18(24)21-19-20-13(3)17(27-19)14(4)23/h5-10H,1-2,11-12H2,3-4H3,(H,20,21,24). The number of Topliss-reactive ketones (excluding diaryl/α,β-unsaturated/α-hetero) is 1. The topological polar surface area (TPSA) is 96.4 Å². The lowest BCUT2D eigenvalue weighted by molar-refractivity contribution is 0.101. The Hall–Kier alpha value is -2.62. The highest BCUT2D eigenvalue weighted by Crippen LogP contribution is 2.24. The van der Waals surface area contributed by atoms with Gasteiger partial charge in [0.2, 0.25) is 10.0 Å². The second-order valence-corrected chi connectivity index (χ2v) is 8.80. The van der Waals surface area contributed by atoms with Gasteiger partial charge in [0.05, 0.1) is 15.5 Å². The molecule has 1 aromatic carbocycles. The molecule has 1 amide bonds. The molecule has 0 radical (unpaired) electrons. The van der Waals surface area contributed by atoms with Crippen LogP contribution in [0.25, 0.3) is 0 Å². The van der Waals surface area contributed by atoms with Crippen molar-refractivity contribution < 1.29 is 18.0 Å². The minimum atomic E-state index is -3.73. The van der Waals surface area contributed by atoms with E-state index in [0.29, 0.717) is 15.7 Å². The molecule has 0 aliphatic rings. The maximum Gasteiger partial charge on any atom is 0.257 e. The number of ketones is 1. The Bertz CT molecular complexity index is 998. The van der Waals surface area contributed by atoms with Crippen molar-refractivity contribution in [1.82, 2.24) is 9.29 Å². The van der Waals surface area contributed by atoms with Crippen molar-refractivity contribution in [3.63, 3.8) is 0 Å². The van der Waals surface area contributed by atoms with E-state index in [1.165, 1.54) is 47.6 Å². The number of anilines is 1. The lowest BCUT2D eigenvalue weighted by Gasteiger charge is -2.19. The third kappa shape index (κ3) is 4.80. The average molecular weight is 420 g/mol. The van der Waals surface area contributed by atoms with Crippen LogP contribution in [0.2, 0.25) is 0 Å². The Labute approximate surface area is 168 Å². The zero-order valence-corrected chi connectivity index (χ0v) is 17.3. The van der Waals surface area contributed by atoms with E-state index in [-0.39, 0.29) is 29.3 Å². The van der Waals surface area contributed by atoms with Crippen LogP contribution in [0.15, 0.2) is 54.5 Å². The Morgan fingerprint density at radius 1 is 1.18 bits per heavy atom. The molecule has 0 spiro atoms. The Morgan fingerprint density at radius 2 is 1.75 bits per heavy atom. The van der Waals surface area contributed by atoms with Crippen LogP contribution in [-0.4, -0.2) is 42.5 Å². The van der Waals surface area contributed by atoms with Crippen LogP contribution >= 0.6 is 11.3 Å². The van der Waals surface area contributed by atoms with E-state index in [1.54, 1.807) is 6.92 Å². The summed E-state index contributed by atoms with van der Waals surface area (Å²) in [7, 11) is -3.73. The van der Waals surface area contributed by atoms with Crippen LogP contribution in [0, 0.1) is 6.92 Å². The van der Waals surface area contributed by atoms with Crippen LogP contribution < -0.4 is 5.32 Å². The van der Waals surface area contributed by atoms with Gasteiger partial charge in [-0.15, -0.1) is 13.2 Å². The van der Waals surface area contributed by atoms with Gasteiger partial charge in [-0.05, 0) is 31.2 Å². The smallest absolute Gasteiger partial charge is 0.257 e. The Morgan fingerprint density at radius 3 is 2.21 bits per heavy atom. The first-order valence-corrected chi connectivity index (χ1v) is 10.6. The van der Waals surface area contributed by atoms with Gasteiger partial charge in [-0.3, -0.25) is 14.9 Å². The maximum atomic E-state index is 12.7. The molecule has 0 aliphatic heterocycles. The second kappa shape index (κ2) is 9.05. The fourth-order valence-electron chi connectivity index (χ4n) is 2.43. The summed E-state index contributed by atoms with van der Waals surface area (Å²) in [4.78, 5) is 28.6. The SMILES string of the molecule is C=CCN(CC=C)S(=O)(=O)c1ccc(C(=O)Nc2nc(C)c(C(C)=O)s2)cc1. The predicted molar refractivity (Wildman–Crippen MR) is 110 cm³/mol. The van der Waals surface area contributed by atoms with Crippen molar-refractivity contribution in [1.29, 1.82) is 0 Å². The third-order valence-electron chi connectivity index (χ3n) is 3.76. The maximum absolute atomic E-state index is 12.7. The first-order chi connectivity index (χ1) is 13.2. The van der Waals surface area contributed by atoms with Gasteiger partial charge in [0.15, 0.2) is 10.9 Å². The molecule has 0 fully saturated rings. The van der Waals surface area contributed by atoms with Crippen LogP contribution in [-0.2, 0) is 10.0 Å². The summed E-state index contributed by atoms with van der Waals surface area (Å²) in [6, 6.07) is 5.60. The molecule has 1 heterocycles. The summed E-state index contributed by atoms with van der Waals surface area (Å²) in [5.74, 6) is -0.560. The molecule has 148 valence electrons. The van der Waals surface area contributed by atoms with E-state index in [1.807, 2.05) is 0 Å². The van der Waals surface area contributed by atoms with Crippen molar-refractivity contribution in [2.45, 2.75) is 18.7 Å². The largest absolute Gasteiger partial charge is 0.298 e. The molecule has 1 aromatic heterocycles. The molecular formula is C19H21N3O4S2. The number of thiazole rings is 1. The molecule has 7 nitrogen and oxygen atoms in total. The molecule has 0 aliphatic carbocycles. The van der Waals surface area contributed by atoms with Gasteiger partial charge in [-0.2, -0.15) is 4.31 Å². The van der Waals surface area contributed by atoms with Gasteiger partial charge in [0.25, 0.3) is 5.91 Å². The molecule has 0 saturated carbocycles. The molecule has 0 atom stereocenters. The van der Waals surface area contributed by atoms with Gasteiger partial charge >= 0.3 is 0 Å². The highest BCUT2D eigenvalue weighted by atomic mass is 32.2. The molecular weight excluding hydrogens is 398 g/mol. The van der Waals surface area contributed by atoms with Crippen molar-refractivity contribution in [3.05, 3.63) is 65.7 Å². The highest BCUT2D eigenvalue weighted by Gasteiger charge is 2.23. The Kier molecular flexibility index (Phi) is 7.00. The number of rotatable bonds is 9. The van der Waals surface area contributed by atoms with E-state index in [9.17, 15) is 18.0 Å². The number of amides is 1. The minimum absolute atomic E-state index is 0.0664. The number of aryl methyl sites for hydroxylation is 1. The molecule has 0 bridgehead atoms. The number of hydrogen-bond donors (Lipinski definition) is 1. The zero-order valence-electron chi connectivity index (χ0n) is 15.6. The second-order valence-electron chi connectivity index (χ2n) is 5.87. The minimum Gasteiger partial charge on any atom is -0.298 e. The van der Waals surface area contributed by atoms with Gasteiger partial charge in [-0.1, -0.05) is 23.5 Å². The number of aromatic nitrogens is 1. The summed E-state index contributed by atoms with van der Waals surface area (Å²) in [5.41, 5.74) is 0.828. The van der Waals surface area contributed by atoms with Gasteiger partial charge < -0.3 is 0 Å². The van der Waals surface area contributed by atoms with E-state index in [0.717, 1.165) is 11.3 Å². The highest BCUT2D eigenvalue weighted by molar-refractivity contribution is 7.89. The lowest BCUT2D eigenvalue weighted by atomic mass is 10.2. The first-order valence-electron chi connectivity index (χ1n) is 8.32. The number of benzene rings is 1. The van der Waals surface area contributed by atoms with Crippen LogP contribution in [0.5, 0.6) is 0 Å². The normalized spacial score (nSPS) is 11.2. The molecule has 0 unspecified atom stereocenters. The van der Waals surface area contributed by atoms with Gasteiger partial charge in [-0.25, -0.2) is 13.4 Å². The number of nitrogens with one attached hydrogen (secondary N) is 1. The third-order valence-corrected chi connectivity index (χ3v) is 6.78. The van der Waals surface area contributed by atoms with E-state index < -0.39 is 15.9 Å². The number of carbonyl (C=O) groups excluding carboxylic acids is 2. The summed E-state index contributed by atoms with van der Waals surface area (Å²) < 4.78 is 26.6. The van der Waals surface area contributed by atoms with Crippen molar-refractivity contribution in [2.24, 2.45) is 0 Å². The van der Waals surface area contributed by atoms with Crippen molar-refractivity contribution >= 4 is 38.2 Å². The van der Waals surface area contributed by atoms with Crippen molar-refractivity contribution in [2.75, 3.05) is 18.4 Å². The summed E-state index contributed by atoms with van der Waals surface area (Å²) >= 11 is 1.10. The number of sulfonamides is 1. The molecule has 28 heavy (non-hydrogen) atoms. The van der Waals surface area contributed by atoms with Crippen molar-refractivity contribution in [3.8, 4) is 0 Å². The molecule has 2 rings (SSSR count).